The lowest BCUT2D eigenvalue weighted by Gasteiger charge is -2.16. The minimum Gasteiger partial charge on any atom is -0.375 e. The zero-order chi connectivity index (χ0) is 8.69. The van der Waals surface area contributed by atoms with Crippen molar-refractivity contribution in [3.8, 4) is 0 Å². The van der Waals surface area contributed by atoms with Crippen LogP contribution in [0.25, 0.3) is 0 Å². The van der Waals surface area contributed by atoms with Crippen LogP contribution in [0.3, 0.4) is 0 Å². The van der Waals surface area contributed by atoms with Crippen molar-refractivity contribution >= 4 is 0 Å². The van der Waals surface area contributed by atoms with Gasteiger partial charge in [0.15, 0.2) is 0 Å². The van der Waals surface area contributed by atoms with Gasteiger partial charge in [-0.1, -0.05) is 12.2 Å². The molecule has 0 saturated carbocycles. The van der Waals surface area contributed by atoms with Gasteiger partial charge >= 0.3 is 0 Å². The van der Waals surface area contributed by atoms with Crippen LogP contribution in [0.4, 0.5) is 0 Å². The fraction of sp³-hybridized carbons (Fsp3) is 0.600. The largest absolute Gasteiger partial charge is 0.375 e. The summed E-state index contributed by atoms with van der Waals surface area (Å²) in [5.41, 5.74) is 0. The smallest absolute Gasteiger partial charge is 0.0585 e. The van der Waals surface area contributed by atoms with E-state index in [1.54, 1.807) is 0 Å². The molecule has 2 unspecified atom stereocenters. The van der Waals surface area contributed by atoms with Gasteiger partial charge in [-0.25, -0.2) is 0 Å². The van der Waals surface area contributed by atoms with Gasteiger partial charge in [0.2, 0.25) is 0 Å². The van der Waals surface area contributed by atoms with Crippen molar-refractivity contribution in [1.29, 1.82) is 0 Å². The second kappa shape index (κ2) is 6.17. The standard InChI is InChI=1S/C10H18O/c1-5-7-9(3)11-10(4)8-6-2/h5-6,9-10H,1-2,7-8H2,3-4H3. The van der Waals surface area contributed by atoms with E-state index < -0.39 is 0 Å². The van der Waals surface area contributed by atoms with E-state index in [4.69, 9.17) is 4.74 Å². The minimum absolute atomic E-state index is 0.280. The average Bonchev–Trinajstić information content (AvgIpc) is 1.87. The number of hydrogen-bond donors (Lipinski definition) is 0. The van der Waals surface area contributed by atoms with Crippen molar-refractivity contribution in [3.05, 3.63) is 25.3 Å². The van der Waals surface area contributed by atoms with E-state index in [2.05, 4.69) is 27.0 Å². The van der Waals surface area contributed by atoms with Crippen LogP contribution in [-0.2, 0) is 4.74 Å². The molecule has 0 aromatic heterocycles. The Balaban J connectivity index is 3.46. The Bertz CT molecular complexity index is 104. The predicted octanol–water partition coefficient (Wildman–Crippen LogP) is 2.93. The fourth-order valence-electron chi connectivity index (χ4n) is 0.977. The Kier molecular flexibility index (Phi) is 5.86. The first-order valence-corrected chi connectivity index (χ1v) is 4.08. The topological polar surface area (TPSA) is 9.23 Å². The normalized spacial score (nSPS) is 15.5. The molecular weight excluding hydrogens is 136 g/mol. The van der Waals surface area contributed by atoms with E-state index in [9.17, 15) is 0 Å². The van der Waals surface area contributed by atoms with E-state index in [1.165, 1.54) is 0 Å². The molecule has 0 rings (SSSR count). The maximum absolute atomic E-state index is 5.59. The molecule has 0 N–H and O–H groups in total. The molecule has 0 aliphatic rings. The molecule has 64 valence electrons. The van der Waals surface area contributed by atoms with E-state index in [0.29, 0.717) is 0 Å². The van der Waals surface area contributed by atoms with Crippen LogP contribution in [0.2, 0.25) is 0 Å². The maximum Gasteiger partial charge on any atom is 0.0585 e. The van der Waals surface area contributed by atoms with Crippen molar-refractivity contribution < 1.29 is 4.74 Å². The van der Waals surface area contributed by atoms with Gasteiger partial charge in [-0.05, 0) is 26.7 Å². The highest BCUT2D eigenvalue weighted by molar-refractivity contribution is 4.74. The van der Waals surface area contributed by atoms with Crippen molar-refractivity contribution in [1.82, 2.24) is 0 Å². The monoisotopic (exact) mass is 154 g/mol. The molecule has 0 aliphatic carbocycles. The van der Waals surface area contributed by atoms with Gasteiger partial charge in [-0.3, -0.25) is 0 Å². The van der Waals surface area contributed by atoms with Crippen molar-refractivity contribution in [3.63, 3.8) is 0 Å². The molecule has 2 atom stereocenters. The molecule has 0 fully saturated rings. The third-order valence-corrected chi connectivity index (χ3v) is 1.46. The van der Waals surface area contributed by atoms with Crippen LogP contribution >= 0.6 is 0 Å². The summed E-state index contributed by atoms with van der Waals surface area (Å²) in [6, 6.07) is 0. The Morgan fingerprint density at radius 3 is 1.73 bits per heavy atom. The predicted molar refractivity (Wildman–Crippen MR) is 49.6 cm³/mol. The Hall–Kier alpha value is -0.560. The molecule has 0 aromatic carbocycles. The van der Waals surface area contributed by atoms with Gasteiger partial charge in [0, 0.05) is 0 Å². The van der Waals surface area contributed by atoms with Crippen molar-refractivity contribution in [2.75, 3.05) is 0 Å². The quantitative estimate of drug-likeness (QED) is 0.534. The van der Waals surface area contributed by atoms with Crippen LogP contribution in [0.1, 0.15) is 26.7 Å². The third kappa shape index (κ3) is 5.86. The number of hydrogen-bond acceptors (Lipinski definition) is 1. The molecule has 0 radical (unpaired) electrons. The molecular formula is C10H18O. The second-order valence-corrected chi connectivity index (χ2v) is 2.81. The molecule has 1 nitrogen and oxygen atoms in total. The van der Waals surface area contributed by atoms with E-state index >= 15 is 0 Å². The fourth-order valence-corrected chi connectivity index (χ4v) is 0.977. The van der Waals surface area contributed by atoms with Gasteiger partial charge in [-0.2, -0.15) is 0 Å². The molecule has 0 aromatic rings. The molecule has 0 heterocycles. The summed E-state index contributed by atoms with van der Waals surface area (Å²) in [6.45, 7) is 11.4. The number of ether oxygens (including phenoxy) is 1. The van der Waals surface area contributed by atoms with Gasteiger partial charge in [0.25, 0.3) is 0 Å². The van der Waals surface area contributed by atoms with Crippen molar-refractivity contribution in [2.24, 2.45) is 0 Å². The first kappa shape index (κ1) is 10.4. The second-order valence-electron chi connectivity index (χ2n) is 2.81. The maximum atomic E-state index is 5.59. The molecule has 1 heteroatoms. The summed E-state index contributed by atoms with van der Waals surface area (Å²) in [6.07, 6.45) is 6.16. The molecule has 0 saturated heterocycles. The molecule has 11 heavy (non-hydrogen) atoms. The van der Waals surface area contributed by atoms with E-state index in [0.717, 1.165) is 12.8 Å². The lowest BCUT2D eigenvalue weighted by atomic mass is 10.2. The van der Waals surface area contributed by atoms with Crippen molar-refractivity contribution in [2.45, 2.75) is 38.9 Å². The highest BCUT2D eigenvalue weighted by Crippen LogP contribution is 2.05. The zero-order valence-electron chi connectivity index (χ0n) is 7.55. The first-order chi connectivity index (χ1) is 5.20. The Labute approximate surface area is 69.8 Å². The third-order valence-electron chi connectivity index (χ3n) is 1.46. The van der Waals surface area contributed by atoms with Gasteiger partial charge in [0.05, 0.1) is 12.2 Å². The van der Waals surface area contributed by atoms with Crippen LogP contribution in [0.5, 0.6) is 0 Å². The Morgan fingerprint density at radius 1 is 1.09 bits per heavy atom. The highest BCUT2D eigenvalue weighted by atomic mass is 16.5. The molecule has 0 spiro atoms. The summed E-state index contributed by atoms with van der Waals surface area (Å²) >= 11 is 0. The first-order valence-electron chi connectivity index (χ1n) is 4.08. The summed E-state index contributed by atoms with van der Waals surface area (Å²) in [5.74, 6) is 0. The lowest BCUT2D eigenvalue weighted by molar-refractivity contribution is 0.0123. The van der Waals surface area contributed by atoms with Gasteiger partial charge in [-0.15, -0.1) is 13.2 Å². The number of rotatable bonds is 6. The zero-order valence-corrected chi connectivity index (χ0v) is 7.55. The summed E-state index contributed by atoms with van der Waals surface area (Å²) < 4.78 is 5.59. The molecule has 0 bridgehead atoms. The molecule has 0 aliphatic heterocycles. The minimum atomic E-state index is 0.280. The molecule has 0 amide bonds. The average molecular weight is 154 g/mol. The van der Waals surface area contributed by atoms with E-state index in [-0.39, 0.29) is 12.2 Å². The van der Waals surface area contributed by atoms with Gasteiger partial charge < -0.3 is 4.74 Å². The van der Waals surface area contributed by atoms with E-state index in [1.807, 2.05) is 12.2 Å². The summed E-state index contributed by atoms with van der Waals surface area (Å²) in [4.78, 5) is 0. The van der Waals surface area contributed by atoms with Gasteiger partial charge in [0.1, 0.15) is 0 Å². The van der Waals surface area contributed by atoms with Crippen LogP contribution in [0.15, 0.2) is 25.3 Å². The van der Waals surface area contributed by atoms with Crippen LogP contribution in [0, 0.1) is 0 Å². The summed E-state index contributed by atoms with van der Waals surface area (Å²) in [7, 11) is 0. The lowest BCUT2D eigenvalue weighted by Crippen LogP contribution is -2.15. The van der Waals surface area contributed by atoms with Crippen LogP contribution in [-0.4, -0.2) is 12.2 Å². The Morgan fingerprint density at radius 2 is 1.45 bits per heavy atom. The highest BCUT2D eigenvalue weighted by Gasteiger charge is 2.04. The summed E-state index contributed by atoms with van der Waals surface area (Å²) in [5, 5.41) is 0. The SMILES string of the molecule is C=CCC(C)OC(C)CC=C. The van der Waals surface area contributed by atoms with Crippen LogP contribution < -0.4 is 0 Å².